The average molecular weight is 360 g/mol. The highest BCUT2D eigenvalue weighted by Crippen LogP contribution is 2.30. The van der Waals surface area contributed by atoms with Gasteiger partial charge in [-0.05, 0) is 35.4 Å². The number of benzene rings is 2. The molecule has 0 fully saturated rings. The van der Waals surface area contributed by atoms with Crippen LogP contribution in [0.3, 0.4) is 0 Å². The molecule has 2 aromatic carbocycles. The van der Waals surface area contributed by atoms with E-state index in [-0.39, 0.29) is 11.8 Å². The molecule has 3 aromatic rings. The average Bonchev–Trinajstić information content (AvgIpc) is 2.68. The van der Waals surface area contributed by atoms with Crippen molar-refractivity contribution in [2.24, 2.45) is 5.10 Å². The van der Waals surface area contributed by atoms with E-state index in [2.05, 4.69) is 20.8 Å². The molecule has 0 aliphatic carbocycles. The maximum Gasteiger partial charge on any atom is 0.409 e. The van der Waals surface area contributed by atoms with Crippen molar-refractivity contribution in [1.82, 2.24) is 10.4 Å². The minimum atomic E-state index is -1.12. The molecule has 1 aliphatic rings. The van der Waals surface area contributed by atoms with E-state index in [9.17, 15) is 9.59 Å². The number of hydrogen-bond donors (Lipinski definition) is 3. The molecule has 134 valence electrons. The fraction of sp³-hybridized carbons (Fsp3) is 0.100. The minimum Gasteiger partial charge on any atom is -0.465 e. The second kappa shape index (κ2) is 6.87. The Balaban J connectivity index is 1.64. The quantitative estimate of drug-likeness (QED) is 0.666. The van der Waals surface area contributed by atoms with E-state index in [1.165, 1.54) is 0 Å². The van der Waals surface area contributed by atoms with Gasteiger partial charge in [-0.3, -0.25) is 15.1 Å². The molecule has 7 heteroatoms. The minimum absolute atomic E-state index is 0.153. The highest BCUT2D eigenvalue weighted by molar-refractivity contribution is 6.07. The number of carboxylic acid groups (broad SMARTS) is 1. The first-order valence-corrected chi connectivity index (χ1v) is 8.42. The van der Waals surface area contributed by atoms with Crippen LogP contribution >= 0.6 is 0 Å². The molecule has 0 spiro atoms. The van der Waals surface area contributed by atoms with E-state index in [4.69, 9.17) is 5.11 Å². The summed E-state index contributed by atoms with van der Waals surface area (Å²) in [7, 11) is 0. The second-order valence-electron chi connectivity index (χ2n) is 6.22. The van der Waals surface area contributed by atoms with Crippen LogP contribution in [-0.4, -0.2) is 27.8 Å². The van der Waals surface area contributed by atoms with Crippen LogP contribution in [0.4, 0.5) is 10.5 Å². The lowest BCUT2D eigenvalue weighted by Gasteiger charge is -2.23. The van der Waals surface area contributed by atoms with Crippen LogP contribution in [0.1, 0.15) is 23.5 Å². The zero-order valence-corrected chi connectivity index (χ0v) is 14.2. The molecule has 4 rings (SSSR count). The van der Waals surface area contributed by atoms with Gasteiger partial charge < -0.3 is 5.11 Å². The summed E-state index contributed by atoms with van der Waals surface area (Å²) in [5.41, 5.74) is 6.41. The van der Waals surface area contributed by atoms with Gasteiger partial charge in [0.1, 0.15) is 0 Å². The summed E-state index contributed by atoms with van der Waals surface area (Å²) in [6, 6.07) is 16.5. The Morgan fingerprint density at radius 2 is 1.93 bits per heavy atom. The number of rotatable bonds is 3. The number of pyridine rings is 1. The molecule has 0 saturated heterocycles. The van der Waals surface area contributed by atoms with E-state index >= 15 is 0 Å². The number of amides is 2. The monoisotopic (exact) mass is 360 g/mol. The number of hydrogen-bond acceptors (Lipinski definition) is 4. The molecule has 1 aliphatic heterocycles. The van der Waals surface area contributed by atoms with Gasteiger partial charge >= 0.3 is 6.09 Å². The van der Waals surface area contributed by atoms with E-state index in [0.29, 0.717) is 12.1 Å². The molecule has 0 bridgehead atoms. The number of nitrogens with one attached hydrogen (secondary N) is 2. The third-order valence-electron chi connectivity index (χ3n) is 4.54. The van der Waals surface area contributed by atoms with Crippen LogP contribution in [0.2, 0.25) is 0 Å². The number of fused-ring (bicyclic) bond motifs is 1. The number of aromatic nitrogens is 1. The number of hydrazone groups is 1. The third kappa shape index (κ3) is 3.35. The highest BCUT2D eigenvalue weighted by atomic mass is 16.4. The Morgan fingerprint density at radius 1 is 1.11 bits per heavy atom. The standard InChI is InChI=1S/C20H16N4O3/c25-19-16(14-3-1-5-17-15(14)4-2-10-21-17)11-18(23-24-19)12-6-8-13(9-7-12)22-20(26)27/h1-10,16,22H,11H2,(H,24,25)(H,26,27). The smallest absolute Gasteiger partial charge is 0.409 e. The largest absolute Gasteiger partial charge is 0.465 e. The predicted octanol–water partition coefficient (Wildman–Crippen LogP) is 3.33. The Morgan fingerprint density at radius 3 is 2.70 bits per heavy atom. The molecule has 0 radical (unpaired) electrons. The van der Waals surface area contributed by atoms with E-state index in [1.54, 1.807) is 30.5 Å². The van der Waals surface area contributed by atoms with Crippen molar-refractivity contribution < 1.29 is 14.7 Å². The Labute approximate surface area is 154 Å². The fourth-order valence-corrected chi connectivity index (χ4v) is 3.27. The van der Waals surface area contributed by atoms with Crippen molar-refractivity contribution in [3.63, 3.8) is 0 Å². The lowest BCUT2D eigenvalue weighted by molar-refractivity contribution is -0.122. The summed E-state index contributed by atoms with van der Waals surface area (Å²) >= 11 is 0. The maximum atomic E-state index is 12.5. The summed E-state index contributed by atoms with van der Waals surface area (Å²) in [4.78, 5) is 27.5. The zero-order valence-electron chi connectivity index (χ0n) is 14.2. The van der Waals surface area contributed by atoms with Crippen LogP contribution in [0.25, 0.3) is 10.9 Å². The number of carbonyl (C=O) groups excluding carboxylic acids is 1. The first-order chi connectivity index (χ1) is 13.1. The Hall–Kier alpha value is -3.74. The van der Waals surface area contributed by atoms with Crippen molar-refractivity contribution in [3.05, 3.63) is 71.9 Å². The van der Waals surface area contributed by atoms with Crippen molar-refractivity contribution >= 4 is 34.3 Å². The molecule has 2 heterocycles. The van der Waals surface area contributed by atoms with Crippen LogP contribution in [-0.2, 0) is 4.79 Å². The van der Waals surface area contributed by atoms with Gasteiger partial charge in [-0.25, -0.2) is 10.2 Å². The molecule has 7 nitrogen and oxygen atoms in total. The summed E-state index contributed by atoms with van der Waals surface area (Å²) in [5.74, 6) is -0.526. The maximum absolute atomic E-state index is 12.5. The van der Waals surface area contributed by atoms with E-state index in [1.807, 2.05) is 30.3 Å². The van der Waals surface area contributed by atoms with Crippen LogP contribution in [0.15, 0.2) is 65.9 Å². The van der Waals surface area contributed by atoms with Crippen molar-refractivity contribution in [1.29, 1.82) is 0 Å². The van der Waals surface area contributed by atoms with Gasteiger partial charge in [-0.1, -0.05) is 30.3 Å². The molecule has 27 heavy (non-hydrogen) atoms. The van der Waals surface area contributed by atoms with Crippen molar-refractivity contribution in [2.45, 2.75) is 12.3 Å². The molecular weight excluding hydrogens is 344 g/mol. The lowest BCUT2D eigenvalue weighted by atomic mass is 9.87. The van der Waals surface area contributed by atoms with Gasteiger partial charge in [0.2, 0.25) is 5.91 Å². The molecule has 1 atom stereocenters. The Bertz CT molecular complexity index is 1060. The first kappa shape index (κ1) is 16.7. The van der Waals surface area contributed by atoms with Crippen LogP contribution in [0, 0.1) is 0 Å². The van der Waals surface area contributed by atoms with Gasteiger partial charge in [0.05, 0.1) is 17.1 Å². The predicted molar refractivity (Wildman–Crippen MR) is 102 cm³/mol. The Kier molecular flexibility index (Phi) is 4.25. The lowest BCUT2D eigenvalue weighted by Crippen LogP contribution is -2.33. The number of anilines is 1. The third-order valence-corrected chi connectivity index (χ3v) is 4.54. The summed E-state index contributed by atoms with van der Waals surface area (Å²) in [5, 5.41) is 16.2. The normalized spacial score (nSPS) is 16.5. The van der Waals surface area contributed by atoms with E-state index < -0.39 is 6.09 Å². The molecule has 2 amide bonds. The molecule has 0 saturated carbocycles. The van der Waals surface area contributed by atoms with Crippen molar-refractivity contribution in [3.8, 4) is 0 Å². The summed E-state index contributed by atoms with van der Waals surface area (Å²) < 4.78 is 0. The summed E-state index contributed by atoms with van der Waals surface area (Å²) in [6.45, 7) is 0. The van der Waals surface area contributed by atoms with Gasteiger partial charge in [0.25, 0.3) is 0 Å². The highest BCUT2D eigenvalue weighted by Gasteiger charge is 2.28. The van der Waals surface area contributed by atoms with Gasteiger partial charge in [-0.2, -0.15) is 5.10 Å². The topological polar surface area (TPSA) is 104 Å². The molecule has 1 unspecified atom stereocenters. The molecule has 1 aromatic heterocycles. The fourth-order valence-electron chi connectivity index (χ4n) is 3.27. The molecular formula is C20H16N4O3. The molecule has 3 N–H and O–H groups in total. The SMILES string of the molecule is O=C(O)Nc1ccc(C2=NNC(=O)C(c3cccc4ncccc34)C2)cc1. The van der Waals surface area contributed by atoms with Gasteiger partial charge in [-0.15, -0.1) is 0 Å². The zero-order chi connectivity index (χ0) is 18.8. The first-order valence-electron chi connectivity index (χ1n) is 8.42. The summed E-state index contributed by atoms with van der Waals surface area (Å²) in [6.07, 6.45) is 1.06. The van der Waals surface area contributed by atoms with Crippen LogP contribution < -0.4 is 10.7 Å². The van der Waals surface area contributed by atoms with Crippen LogP contribution in [0.5, 0.6) is 0 Å². The number of nitrogens with zero attached hydrogens (tertiary/aromatic N) is 2. The van der Waals surface area contributed by atoms with Gasteiger partial charge in [0.15, 0.2) is 0 Å². The van der Waals surface area contributed by atoms with Gasteiger partial charge in [0, 0.05) is 23.7 Å². The second-order valence-corrected chi connectivity index (χ2v) is 6.22. The van der Waals surface area contributed by atoms with Crippen molar-refractivity contribution in [2.75, 3.05) is 5.32 Å². The number of carbonyl (C=O) groups is 2. The van der Waals surface area contributed by atoms with E-state index in [0.717, 1.165) is 27.7 Å².